The third-order valence-electron chi connectivity index (χ3n) is 2.15. The van der Waals surface area contributed by atoms with Crippen LogP contribution in [0.2, 0.25) is 5.02 Å². The lowest BCUT2D eigenvalue weighted by atomic mass is 10.2. The highest BCUT2D eigenvalue weighted by Crippen LogP contribution is 2.20. The molecule has 0 fully saturated rings. The number of tetrazole rings is 1. The van der Waals surface area contributed by atoms with Gasteiger partial charge >= 0.3 is 0 Å². The number of aromatic amines is 1. The van der Waals surface area contributed by atoms with Crippen molar-refractivity contribution >= 4 is 23.2 Å². The van der Waals surface area contributed by atoms with Gasteiger partial charge in [-0.25, -0.2) is 0 Å². The molecule has 0 aliphatic carbocycles. The summed E-state index contributed by atoms with van der Waals surface area (Å²) < 4.78 is 0. The number of hydrogen-bond acceptors (Lipinski definition) is 6. The largest absolute Gasteiger partial charge is 0.345 e. The average Bonchev–Trinajstić information content (AvgIpc) is 2.88. The summed E-state index contributed by atoms with van der Waals surface area (Å²) in [5, 5.41) is 26.1. The molecule has 0 aliphatic rings. The molecule has 0 radical (unpaired) electrons. The number of benzene rings is 1. The molecule has 19 heavy (non-hydrogen) atoms. The minimum Gasteiger partial charge on any atom is -0.345 e. The molecule has 2 N–H and O–H groups in total. The molecule has 9 nitrogen and oxygen atoms in total. The maximum atomic E-state index is 11.8. The van der Waals surface area contributed by atoms with Gasteiger partial charge in [0.25, 0.3) is 11.6 Å². The van der Waals surface area contributed by atoms with Gasteiger partial charge in [-0.15, -0.1) is 10.2 Å². The molecule has 0 aliphatic heterocycles. The molecule has 98 valence electrons. The Morgan fingerprint density at radius 3 is 2.89 bits per heavy atom. The minimum atomic E-state index is -0.623. The van der Waals surface area contributed by atoms with Crippen LogP contribution in [-0.2, 0) is 6.54 Å². The molecular formula is C9H7ClN6O3. The molecule has 1 amide bonds. The summed E-state index contributed by atoms with van der Waals surface area (Å²) >= 11 is 5.71. The van der Waals surface area contributed by atoms with E-state index in [2.05, 4.69) is 25.9 Å². The molecule has 0 atom stereocenters. The highest BCUT2D eigenvalue weighted by atomic mass is 35.5. The van der Waals surface area contributed by atoms with Gasteiger partial charge in [0.1, 0.15) is 0 Å². The Morgan fingerprint density at radius 2 is 2.26 bits per heavy atom. The highest BCUT2D eigenvalue weighted by Gasteiger charge is 2.14. The molecule has 10 heteroatoms. The third kappa shape index (κ3) is 3.22. The quantitative estimate of drug-likeness (QED) is 0.627. The topological polar surface area (TPSA) is 127 Å². The second-order valence-electron chi connectivity index (χ2n) is 3.47. The number of carbonyl (C=O) groups excluding carboxylic acids is 1. The number of halogens is 1. The van der Waals surface area contributed by atoms with E-state index in [9.17, 15) is 14.9 Å². The van der Waals surface area contributed by atoms with Gasteiger partial charge in [-0.2, -0.15) is 5.21 Å². The molecule has 0 unspecified atom stereocenters. The number of nitro groups is 1. The van der Waals surface area contributed by atoms with E-state index < -0.39 is 10.8 Å². The van der Waals surface area contributed by atoms with Gasteiger partial charge in [0.15, 0.2) is 5.82 Å². The lowest BCUT2D eigenvalue weighted by molar-refractivity contribution is -0.384. The molecular weight excluding hydrogens is 276 g/mol. The summed E-state index contributed by atoms with van der Waals surface area (Å²) in [6, 6.07) is 3.63. The molecule has 2 rings (SSSR count). The third-order valence-corrected chi connectivity index (χ3v) is 2.37. The molecule has 1 aromatic heterocycles. The van der Waals surface area contributed by atoms with Gasteiger partial charge < -0.3 is 5.32 Å². The number of nitrogens with one attached hydrogen (secondary N) is 2. The monoisotopic (exact) mass is 282 g/mol. The fraction of sp³-hybridized carbons (Fsp3) is 0.111. The van der Waals surface area contributed by atoms with Crippen LogP contribution < -0.4 is 5.32 Å². The number of non-ortho nitro benzene ring substituents is 1. The van der Waals surface area contributed by atoms with E-state index in [4.69, 9.17) is 11.6 Å². The first-order chi connectivity index (χ1) is 9.06. The van der Waals surface area contributed by atoms with E-state index in [-0.39, 0.29) is 22.8 Å². The van der Waals surface area contributed by atoms with Crippen molar-refractivity contribution < 1.29 is 9.72 Å². The van der Waals surface area contributed by atoms with Crippen LogP contribution in [-0.4, -0.2) is 31.5 Å². The van der Waals surface area contributed by atoms with Crippen molar-refractivity contribution in [2.45, 2.75) is 6.54 Å². The molecule has 0 saturated heterocycles. The van der Waals surface area contributed by atoms with Gasteiger partial charge in [0.05, 0.1) is 11.5 Å². The second-order valence-corrected chi connectivity index (χ2v) is 3.90. The summed E-state index contributed by atoms with van der Waals surface area (Å²) in [4.78, 5) is 21.8. The number of carbonyl (C=O) groups is 1. The standard InChI is InChI=1S/C9H7ClN6O3/c10-6-1-5(2-7(3-6)16(18)19)9(17)11-4-8-12-14-15-13-8/h1-3H,4H2,(H,11,17)(H,12,13,14,15). The Hall–Kier alpha value is -2.55. The second kappa shape index (κ2) is 5.40. The van der Waals surface area contributed by atoms with Crippen molar-refractivity contribution in [2.75, 3.05) is 0 Å². The molecule has 0 saturated carbocycles. The molecule has 2 aromatic rings. The van der Waals surface area contributed by atoms with Crippen molar-refractivity contribution in [3.8, 4) is 0 Å². The average molecular weight is 283 g/mol. The van der Waals surface area contributed by atoms with Crippen molar-refractivity contribution in [3.63, 3.8) is 0 Å². The van der Waals surface area contributed by atoms with Crippen LogP contribution in [0.5, 0.6) is 0 Å². The van der Waals surface area contributed by atoms with Gasteiger partial charge in [-0.1, -0.05) is 16.8 Å². The number of amides is 1. The van der Waals surface area contributed by atoms with Crippen molar-refractivity contribution in [1.29, 1.82) is 0 Å². The lowest BCUT2D eigenvalue weighted by Crippen LogP contribution is -2.23. The van der Waals surface area contributed by atoms with Gasteiger partial charge in [-0.3, -0.25) is 14.9 Å². The van der Waals surface area contributed by atoms with Crippen molar-refractivity contribution in [2.24, 2.45) is 0 Å². The number of aromatic nitrogens is 4. The zero-order chi connectivity index (χ0) is 13.8. The summed E-state index contributed by atoms with van der Waals surface area (Å²) in [6.45, 7) is 0.0512. The Kier molecular flexibility index (Phi) is 3.66. The Morgan fingerprint density at radius 1 is 1.47 bits per heavy atom. The van der Waals surface area contributed by atoms with Crippen LogP contribution in [0.1, 0.15) is 16.2 Å². The number of H-pyrrole nitrogens is 1. The number of hydrogen-bond donors (Lipinski definition) is 2. The van der Waals surface area contributed by atoms with Crippen LogP contribution in [0.15, 0.2) is 18.2 Å². The Labute approximate surface area is 111 Å². The first-order valence-corrected chi connectivity index (χ1v) is 5.39. The van der Waals surface area contributed by atoms with Crippen molar-refractivity contribution in [1.82, 2.24) is 25.9 Å². The Bertz CT molecular complexity index is 614. The van der Waals surface area contributed by atoms with E-state index in [1.165, 1.54) is 6.07 Å². The molecule has 1 aromatic carbocycles. The zero-order valence-electron chi connectivity index (χ0n) is 9.33. The van der Waals surface area contributed by atoms with Crippen LogP contribution >= 0.6 is 11.6 Å². The number of nitrogens with zero attached hydrogens (tertiary/aromatic N) is 4. The van der Waals surface area contributed by atoms with Gasteiger partial charge in [0.2, 0.25) is 0 Å². The fourth-order valence-corrected chi connectivity index (χ4v) is 1.56. The number of rotatable bonds is 4. The van der Waals surface area contributed by atoms with Crippen molar-refractivity contribution in [3.05, 3.63) is 44.7 Å². The van der Waals surface area contributed by atoms with E-state index in [0.717, 1.165) is 12.1 Å². The van der Waals surface area contributed by atoms with E-state index in [0.29, 0.717) is 5.82 Å². The van der Waals surface area contributed by atoms with E-state index in [1.807, 2.05) is 0 Å². The van der Waals surface area contributed by atoms with Crippen LogP contribution in [0.3, 0.4) is 0 Å². The minimum absolute atomic E-state index is 0.0512. The summed E-state index contributed by atoms with van der Waals surface area (Å²) in [5.74, 6) is -0.222. The summed E-state index contributed by atoms with van der Waals surface area (Å²) in [7, 11) is 0. The normalized spacial score (nSPS) is 10.2. The molecule has 0 bridgehead atoms. The SMILES string of the molecule is O=C(NCc1nn[nH]n1)c1cc(Cl)cc([N+](=O)[O-])c1. The summed E-state index contributed by atoms with van der Waals surface area (Å²) in [5.41, 5.74) is -0.167. The van der Waals surface area contributed by atoms with E-state index >= 15 is 0 Å². The molecule has 0 spiro atoms. The maximum Gasteiger partial charge on any atom is 0.271 e. The van der Waals surface area contributed by atoms with Crippen LogP contribution in [0.4, 0.5) is 5.69 Å². The highest BCUT2D eigenvalue weighted by molar-refractivity contribution is 6.31. The Balaban J connectivity index is 2.12. The van der Waals surface area contributed by atoms with Gasteiger partial charge in [-0.05, 0) is 6.07 Å². The zero-order valence-corrected chi connectivity index (χ0v) is 10.1. The predicted molar refractivity (Wildman–Crippen MR) is 63.5 cm³/mol. The van der Waals surface area contributed by atoms with Crippen LogP contribution in [0.25, 0.3) is 0 Å². The summed E-state index contributed by atoms with van der Waals surface area (Å²) in [6.07, 6.45) is 0. The van der Waals surface area contributed by atoms with E-state index in [1.54, 1.807) is 0 Å². The number of nitro benzene ring substituents is 1. The van der Waals surface area contributed by atoms with Crippen LogP contribution in [0, 0.1) is 10.1 Å². The predicted octanol–water partition coefficient (Wildman–Crippen LogP) is 0.691. The smallest absolute Gasteiger partial charge is 0.271 e. The lowest BCUT2D eigenvalue weighted by Gasteiger charge is -2.03. The first kappa shape index (κ1) is 12.9. The molecule has 1 heterocycles. The fourth-order valence-electron chi connectivity index (χ4n) is 1.33. The first-order valence-electron chi connectivity index (χ1n) is 5.02. The van der Waals surface area contributed by atoms with Gasteiger partial charge in [0, 0.05) is 22.7 Å². The maximum absolute atomic E-state index is 11.8.